The Kier molecular flexibility index (Phi) is 6.88. The maximum absolute atomic E-state index is 13.3. The molecule has 39 heavy (non-hydrogen) atoms. The molecule has 1 heterocycles. The summed E-state index contributed by atoms with van der Waals surface area (Å²) < 4.78 is 11.9. The molecule has 6 nitrogen and oxygen atoms in total. The van der Waals surface area contributed by atoms with Gasteiger partial charge in [-0.15, -0.1) is 0 Å². The van der Waals surface area contributed by atoms with Crippen LogP contribution in [0.15, 0.2) is 59.1 Å². The summed E-state index contributed by atoms with van der Waals surface area (Å²) >= 11 is 19.6. The predicted octanol–water partition coefficient (Wildman–Crippen LogP) is 8.37. The van der Waals surface area contributed by atoms with Gasteiger partial charge in [0.1, 0.15) is 23.8 Å². The number of ketones is 1. The van der Waals surface area contributed by atoms with Crippen molar-refractivity contribution >= 4 is 46.6 Å². The Morgan fingerprint density at radius 1 is 1.00 bits per heavy atom. The van der Waals surface area contributed by atoms with Crippen molar-refractivity contribution in [3.8, 4) is 17.0 Å². The number of hydrogen-bond donors (Lipinski definition) is 1. The van der Waals surface area contributed by atoms with Gasteiger partial charge in [-0.2, -0.15) is 0 Å². The van der Waals surface area contributed by atoms with Crippen LogP contribution in [0.4, 0.5) is 0 Å². The average molecular weight is 583 g/mol. The molecule has 1 saturated carbocycles. The highest BCUT2D eigenvalue weighted by Gasteiger charge is 2.34. The van der Waals surface area contributed by atoms with Crippen molar-refractivity contribution in [1.82, 2.24) is 5.16 Å². The SMILES string of the molecule is O=C(O)c1ccc2c(c1)CCC(c1ccc(OCc3c(-c4c(Cl)cccc4Cl)noc3C3CC3)cc1Cl)C2=O. The van der Waals surface area contributed by atoms with Crippen LogP contribution >= 0.6 is 34.8 Å². The minimum absolute atomic E-state index is 0.0661. The molecule has 0 saturated heterocycles. The minimum Gasteiger partial charge on any atom is -0.489 e. The van der Waals surface area contributed by atoms with E-state index in [4.69, 9.17) is 44.1 Å². The van der Waals surface area contributed by atoms with Crippen LogP contribution in [0, 0.1) is 0 Å². The van der Waals surface area contributed by atoms with Crippen LogP contribution in [0.1, 0.15) is 74.3 Å². The fraction of sp³-hybridized carbons (Fsp3) is 0.233. The van der Waals surface area contributed by atoms with Gasteiger partial charge in [0.15, 0.2) is 5.78 Å². The van der Waals surface area contributed by atoms with Crippen LogP contribution in [0.5, 0.6) is 5.75 Å². The fourth-order valence-electron chi connectivity index (χ4n) is 5.17. The Bertz CT molecular complexity index is 1600. The van der Waals surface area contributed by atoms with Crippen LogP contribution in [0.2, 0.25) is 15.1 Å². The van der Waals surface area contributed by atoms with Gasteiger partial charge in [0, 0.05) is 28.0 Å². The number of aromatic carboxylic acids is 1. The van der Waals surface area contributed by atoms with E-state index in [0.29, 0.717) is 62.0 Å². The smallest absolute Gasteiger partial charge is 0.335 e. The minimum atomic E-state index is -1.01. The number of benzene rings is 3. The van der Waals surface area contributed by atoms with Crippen molar-refractivity contribution in [2.45, 2.75) is 44.1 Å². The lowest BCUT2D eigenvalue weighted by Crippen LogP contribution is -2.21. The van der Waals surface area contributed by atoms with Crippen molar-refractivity contribution in [3.63, 3.8) is 0 Å². The number of hydrogen-bond acceptors (Lipinski definition) is 5. The number of halogens is 3. The summed E-state index contributed by atoms with van der Waals surface area (Å²) in [6, 6.07) is 15.2. The largest absolute Gasteiger partial charge is 0.489 e. The molecular weight excluding hydrogens is 561 g/mol. The van der Waals surface area contributed by atoms with Gasteiger partial charge in [-0.1, -0.05) is 58.2 Å². The Balaban J connectivity index is 1.24. The van der Waals surface area contributed by atoms with Crippen LogP contribution in [-0.2, 0) is 13.0 Å². The number of carboxylic acid groups (broad SMARTS) is 1. The molecule has 0 radical (unpaired) electrons. The molecule has 0 bridgehead atoms. The van der Waals surface area contributed by atoms with E-state index in [1.54, 1.807) is 42.5 Å². The number of carbonyl (C=O) groups excluding carboxylic acids is 1. The molecule has 0 aliphatic heterocycles. The highest BCUT2D eigenvalue weighted by Crippen LogP contribution is 2.46. The highest BCUT2D eigenvalue weighted by molar-refractivity contribution is 6.39. The zero-order valence-electron chi connectivity index (χ0n) is 20.5. The molecule has 1 atom stereocenters. The third-order valence-corrected chi connectivity index (χ3v) is 8.29. The van der Waals surface area contributed by atoms with Crippen molar-refractivity contribution in [2.24, 2.45) is 0 Å². The number of carbonyl (C=O) groups is 2. The average Bonchev–Trinajstić information content (AvgIpc) is 3.68. The maximum Gasteiger partial charge on any atom is 0.335 e. The van der Waals surface area contributed by atoms with Crippen molar-refractivity contribution < 1.29 is 24.0 Å². The number of ether oxygens (including phenoxy) is 1. The molecule has 4 aromatic rings. The molecule has 3 aromatic carbocycles. The summed E-state index contributed by atoms with van der Waals surface area (Å²) in [6.45, 7) is 0.184. The number of carboxylic acids is 1. The second-order valence-corrected chi connectivity index (χ2v) is 11.1. The Labute approximate surface area is 239 Å². The van der Waals surface area contributed by atoms with E-state index >= 15 is 0 Å². The Morgan fingerprint density at radius 3 is 2.46 bits per heavy atom. The lowest BCUT2D eigenvalue weighted by atomic mass is 9.78. The normalized spacial score (nSPS) is 16.7. The number of rotatable bonds is 7. The van der Waals surface area contributed by atoms with E-state index in [1.165, 1.54) is 6.07 Å². The van der Waals surface area contributed by atoms with E-state index < -0.39 is 11.9 Å². The van der Waals surface area contributed by atoms with Gasteiger partial charge in [-0.05, 0) is 73.2 Å². The Morgan fingerprint density at radius 2 is 1.77 bits per heavy atom. The number of aryl methyl sites for hydroxylation is 1. The zero-order chi connectivity index (χ0) is 27.3. The van der Waals surface area contributed by atoms with Crippen LogP contribution in [0.3, 0.4) is 0 Å². The number of fused-ring (bicyclic) bond motifs is 1. The summed E-state index contributed by atoms with van der Waals surface area (Å²) in [5, 5.41) is 14.9. The molecule has 6 rings (SSSR count). The molecule has 2 aliphatic rings. The molecule has 0 spiro atoms. The predicted molar refractivity (Wildman–Crippen MR) is 149 cm³/mol. The molecule has 9 heteroatoms. The summed E-state index contributed by atoms with van der Waals surface area (Å²) in [5.41, 5.74) is 4.15. The first-order valence-electron chi connectivity index (χ1n) is 12.6. The van der Waals surface area contributed by atoms with Gasteiger partial charge in [0.25, 0.3) is 0 Å². The first kappa shape index (κ1) is 25.9. The second kappa shape index (κ2) is 10.3. The molecule has 0 amide bonds. The summed E-state index contributed by atoms with van der Waals surface area (Å²) in [4.78, 5) is 24.6. The maximum atomic E-state index is 13.3. The first-order chi connectivity index (χ1) is 18.8. The van der Waals surface area contributed by atoms with Gasteiger partial charge >= 0.3 is 5.97 Å². The summed E-state index contributed by atoms with van der Waals surface area (Å²) in [7, 11) is 0. The van der Waals surface area contributed by atoms with E-state index in [1.807, 2.05) is 6.07 Å². The number of Topliss-reactive ketones (excluding diaryl/α,β-unsaturated/α-hetero) is 1. The third kappa shape index (κ3) is 4.93. The molecule has 1 aromatic heterocycles. The quantitative estimate of drug-likeness (QED) is 0.235. The molecule has 198 valence electrons. The first-order valence-corrected chi connectivity index (χ1v) is 13.7. The third-order valence-electron chi connectivity index (χ3n) is 7.33. The van der Waals surface area contributed by atoms with Crippen molar-refractivity contribution in [1.29, 1.82) is 0 Å². The summed E-state index contributed by atoms with van der Waals surface area (Å²) in [5.74, 6) is 0.123. The Hall–Kier alpha value is -3.32. The lowest BCUT2D eigenvalue weighted by Gasteiger charge is -2.25. The summed E-state index contributed by atoms with van der Waals surface area (Å²) in [6.07, 6.45) is 3.18. The van der Waals surface area contributed by atoms with Crippen LogP contribution < -0.4 is 4.74 Å². The van der Waals surface area contributed by atoms with Gasteiger partial charge < -0.3 is 14.4 Å². The monoisotopic (exact) mass is 581 g/mol. The van der Waals surface area contributed by atoms with Gasteiger partial charge in [-0.25, -0.2) is 4.79 Å². The zero-order valence-corrected chi connectivity index (χ0v) is 22.8. The van der Waals surface area contributed by atoms with Gasteiger partial charge in [0.05, 0.1) is 21.2 Å². The molecule has 1 N–H and O–H groups in total. The van der Waals surface area contributed by atoms with E-state index in [2.05, 4.69) is 5.16 Å². The van der Waals surface area contributed by atoms with Crippen molar-refractivity contribution in [3.05, 3.63) is 103 Å². The van der Waals surface area contributed by atoms with Crippen LogP contribution in [-0.4, -0.2) is 22.0 Å². The molecular formula is C30H22Cl3NO5. The molecule has 2 aliphatic carbocycles. The topological polar surface area (TPSA) is 89.6 Å². The van der Waals surface area contributed by atoms with Gasteiger partial charge in [0.2, 0.25) is 0 Å². The molecule has 1 fully saturated rings. The number of aromatic nitrogens is 1. The second-order valence-electron chi connectivity index (χ2n) is 9.85. The number of nitrogens with zero attached hydrogens (tertiary/aromatic N) is 1. The van der Waals surface area contributed by atoms with E-state index in [-0.39, 0.29) is 18.0 Å². The van der Waals surface area contributed by atoms with Crippen LogP contribution in [0.25, 0.3) is 11.3 Å². The lowest BCUT2D eigenvalue weighted by molar-refractivity contribution is 0.0696. The van der Waals surface area contributed by atoms with E-state index in [9.17, 15) is 14.7 Å². The van der Waals surface area contributed by atoms with Gasteiger partial charge in [-0.3, -0.25) is 4.79 Å². The van der Waals surface area contributed by atoms with E-state index in [0.717, 1.165) is 29.7 Å². The standard InChI is InChI=1S/C30H22Cl3NO5/c31-23-2-1-3-24(32)26(23)27-22(29(39-34-27)15-4-5-15)14-38-18-8-11-20(25(33)13-18)21-10-6-16-12-17(30(36)37)7-9-19(16)28(21)35/h1-3,7-9,11-13,15,21H,4-6,10,14H2,(H,36,37). The highest BCUT2D eigenvalue weighted by atomic mass is 35.5. The fourth-order valence-corrected chi connectivity index (χ4v) is 6.05. The van der Waals surface area contributed by atoms with Crippen molar-refractivity contribution in [2.75, 3.05) is 0 Å². The molecule has 1 unspecified atom stereocenters.